The summed E-state index contributed by atoms with van der Waals surface area (Å²) in [6.45, 7) is 7.51. The number of anilines is 1. The maximum absolute atomic E-state index is 5.55. The quantitative estimate of drug-likeness (QED) is 0.481. The van der Waals surface area contributed by atoms with Crippen molar-refractivity contribution >= 4 is 11.6 Å². The minimum absolute atomic E-state index is 0.633. The van der Waals surface area contributed by atoms with E-state index < -0.39 is 0 Å². The first-order chi connectivity index (χ1) is 15.3. The van der Waals surface area contributed by atoms with Crippen LogP contribution in [0, 0.1) is 0 Å². The van der Waals surface area contributed by atoms with Gasteiger partial charge in [0.05, 0.1) is 12.3 Å². The molecule has 7 heteroatoms. The zero-order valence-electron chi connectivity index (χ0n) is 17.7. The zero-order valence-corrected chi connectivity index (χ0v) is 17.7. The fourth-order valence-electron chi connectivity index (χ4n) is 4.03. The van der Waals surface area contributed by atoms with Gasteiger partial charge in [-0.15, -0.1) is 0 Å². The lowest BCUT2D eigenvalue weighted by molar-refractivity contribution is 0.249. The van der Waals surface area contributed by atoms with E-state index in [2.05, 4.69) is 62.3 Å². The Morgan fingerprint density at radius 1 is 0.935 bits per heavy atom. The summed E-state index contributed by atoms with van der Waals surface area (Å²) in [5, 5.41) is 4.41. The topological polar surface area (TPSA) is 58.8 Å². The predicted octanol–water partition coefficient (Wildman–Crippen LogP) is 3.51. The predicted molar refractivity (Wildman–Crippen MR) is 121 cm³/mol. The van der Waals surface area contributed by atoms with E-state index in [1.54, 1.807) is 6.33 Å². The number of rotatable bonds is 6. The maximum atomic E-state index is 5.55. The van der Waals surface area contributed by atoms with Crippen molar-refractivity contribution in [1.29, 1.82) is 0 Å². The molecule has 0 spiro atoms. The molecule has 4 aromatic rings. The number of hydrogen-bond donors (Lipinski definition) is 0. The molecule has 158 valence electrons. The van der Waals surface area contributed by atoms with Gasteiger partial charge in [0.15, 0.2) is 0 Å². The molecular formula is C24H26N6O. The van der Waals surface area contributed by atoms with Gasteiger partial charge in [-0.3, -0.25) is 4.90 Å². The van der Waals surface area contributed by atoms with Crippen molar-refractivity contribution in [3.05, 3.63) is 72.6 Å². The molecule has 0 amide bonds. The van der Waals surface area contributed by atoms with Crippen LogP contribution in [0.4, 0.5) is 5.82 Å². The first kappa shape index (κ1) is 19.5. The van der Waals surface area contributed by atoms with Crippen LogP contribution in [-0.2, 0) is 6.54 Å². The van der Waals surface area contributed by atoms with Gasteiger partial charge >= 0.3 is 0 Å². The molecule has 1 aliphatic heterocycles. The lowest BCUT2D eigenvalue weighted by atomic mass is 10.1. The Morgan fingerprint density at radius 3 is 2.45 bits per heavy atom. The first-order valence-corrected chi connectivity index (χ1v) is 10.8. The number of aromatic nitrogens is 4. The molecular weight excluding hydrogens is 388 g/mol. The molecule has 0 atom stereocenters. The Labute approximate surface area is 181 Å². The molecule has 0 aliphatic carbocycles. The molecule has 1 fully saturated rings. The van der Waals surface area contributed by atoms with Crippen molar-refractivity contribution in [1.82, 2.24) is 24.5 Å². The molecule has 2 aromatic carbocycles. The van der Waals surface area contributed by atoms with Crippen LogP contribution < -0.4 is 9.64 Å². The average molecular weight is 415 g/mol. The van der Waals surface area contributed by atoms with E-state index in [0.29, 0.717) is 12.4 Å². The summed E-state index contributed by atoms with van der Waals surface area (Å²) in [6.07, 6.45) is 1.57. The lowest BCUT2D eigenvalue weighted by Gasteiger charge is -2.36. The summed E-state index contributed by atoms with van der Waals surface area (Å²) in [5.41, 5.74) is 3.32. The molecule has 1 saturated heterocycles. The number of piperazine rings is 1. The van der Waals surface area contributed by atoms with Gasteiger partial charge in [-0.05, 0) is 24.6 Å². The van der Waals surface area contributed by atoms with Crippen molar-refractivity contribution in [2.45, 2.75) is 13.5 Å². The highest BCUT2D eigenvalue weighted by atomic mass is 16.5. The normalized spacial score (nSPS) is 14.8. The summed E-state index contributed by atoms with van der Waals surface area (Å²) in [7, 11) is 0. The number of fused-ring (bicyclic) bond motifs is 1. The third-order valence-electron chi connectivity index (χ3n) is 5.64. The molecule has 0 radical (unpaired) electrons. The van der Waals surface area contributed by atoms with Gasteiger partial charge in [0.2, 0.25) is 0 Å². The van der Waals surface area contributed by atoms with E-state index in [-0.39, 0.29) is 0 Å². The second-order valence-corrected chi connectivity index (χ2v) is 7.68. The third kappa shape index (κ3) is 4.22. The van der Waals surface area contributed by atoms with Crippen LogP contribution in [0.1, 0.15) is 12.5 Å². The molecule has 0 saturated carbocycles. The smallest absolute Gasteiger partial charge is 0.254 e. The number of benzene rings is 2. The standard InChI is InChI=1S/C24H26N6O/c1-2-31-21-10-8-19(9-11-21)17-28-12-14-29(15-13-28)23-16-22(20-6-4-3-5-7-20)27-24-25-18-26-30(23)24/h3-11,16,18H,2,12-15,17H2,1H3. The van der Waals surface area contributed by atoms with E-state index in [1.165, 1.54) is 5.56 Å². The second kappa shape index (κ2) is 8.73. The third-order valence-corrected chi connectivity index (χ3v) is 5.64. The van der Waals surface area contributed by atoms with Crippen LogP contribution in [0.15, 0.2) is 67.0 Å². The number of hydrogen-bond acceptors (Lipinski definition) is 6. The maximum Gasteiger partial charge on any atom is 0.254 e. The average Bonchev–Trinajstić information content (AvgIpc) is 3.30. The van der Waals surface area contributed by atoms with Crippen LogP contribution >= 0.6 is 0 Å². The molecule has 0 unspecified atom stereocenters. The van der Waals surface area contributed by atoms with Crippen molar-refractivity contribution in [2.24, 2.45) is 0 Å². The van der Waals surface area contributed by atoms with Gasteiger partial charge in [-0.1, -0.05) is 42.5 Å². The molecule has 7 nitrogen and oxygen atoms in total. The monoisotopic (exact) mass is 414 g/mol. The van der Waals surface area contributed by atoms with Crippen LogP contribution in [0.25, 0.3) is 17.0 Å². The molecule has 0 bridgehead atoms. The molecule has 0 N–H and O–H groups in total. The minimum atomic E-state index is 0.633. The van der Waals surface area contributed by atoms with Gasteiger partial charge < -0.3 is 9.64 Å². The summed E-state index contributed by atoms with van der Waals surface area (Å²) < 4.78 is 7.39. The van der Waals surface area contributed by atoms with Gasteiger partial charge in [-0.2, -0.15) is 14.6 Å². The van der Waals surface area contributed by atoms with Crippen LogP contribution in [0.3, 0.4) is 0 Å². The molecule has 1 aliphatic rings. The molecule has 2 aromatic heterocycles. The Bertz CT molecular complexity index is 1130. The van der Waals surface area contributed by atoms with Crippen LogP contribution in [-0.4, -0.2) is 57.3 Å². The Balaban J connectivity index is 1.30. The van der Waals surface area contributed by atoms with Crippen LogP contribution in [0.2, 0.25) is 0 Å². The number of ether oxygens (including phenoxy) is 1. The second-order valence-electron chi connectivity index (χ2n) is 7.68. The van der Waals surface area contributed by atoms with Crippen molar-refractivity contribution in [3.63, 3.8) is 0 Å². The Kier molecular flexibility index (Phi) is 5.50. The molecule has 5 rings (SSSR count). The first-order valence-electron chi connectivity index (χ1n) is 10.8. The van der Waals surface area contributed by atoms with Gasteiger partial charge in [0.1, 0.15) is 17.9 Å². The highest BCUT2D eigenvalue weighted by Gasteiger charge is 2.21. The van der Waals surface area contributed by atoms with Gasteiger partial charge in [0.25, 0.3) is 5.78 Å². The van der Waals surface area contributed by atoms with Gasteiger partial charge in [-0.25, -0.2) is 4.98 Å². The summed E-state index contributed by atoms with van der Waals surface area (Å²) in [4.78, 5) is 13.9. The largest absolute Gasteiger partial charge is 0.494 e. The van der Waals surface area contributed by atoms with E-state index in [1.807, 2.05) is 29.6 Å². The van der Waals surface area contributed by atoms with E-state index >= 15 is 0 Å². The van der Waals surface area contributed by atoms with Crippen molar-refractivity contribution < 1.29 is 4.74 Å². The van der Waals surface area contributed by atoms with Crippen molar-refractivity contribution in [3.8, 4) is 17.0 Å². The van der Waals surface area contributed by atoms with Crippen LogP contribution in [0.5, 0.6) is 5.75 Å². The Hall–Kier alpha value is -3.45. The highest BCUT2D eigenvalue weighted by molar-refractivity contribution is 5.65. The van der Waals surface area contributed by atoms with E-state index in [9.17, 15) is 0 Å². The zero-order chi connectivity index (χ0) is 21.0. The van der Waals surface area contributed by atoms with E-state index in [0.717, 1.165) is 55.5 Å². The highest BCUT2D eigenvalue weighted by Crippen LogP contribution is 2.25. The van der Waals surface area contributed by atoms with Crippen molar-refractivity contribution in [2.75, 3.05) is 37.7 Å². The SMILES string of the molecule is CCOc1ccc(CN2CCN(c3cc(-c4ccccc4)nc4ncnn34)CC2)cc1. The fourth-order valence-corrected chi connectivity index (χ4v) is 4.03. The fraction of sp³-hybridized carbons (Fsp3) is 0.292. The molecule has 3 heterocycles. The summed E-state index contributed by atoms with van der Waals surface area (Å²) in [5.74, 6) is 2.61. The minimum Gasteiger partial charge on any atom is -0.494 e. The van der Waals surface area contributed by atoms with Gasteiger partial charge in [0, 0.05) is 44.4 Å². The summed E-state index contributed by atoms with van der Waals surface area (Å²) >= 11 is 0. The molecule has 31 heavy (non-hydrogen) atoms. The number of nitrogens with zero attached hydrogens (tertiary/aromatic N) is 6. The Morgan fingerprint density at radius 2 is 1.71 bits per heavy atom. The lowest BCUT2D eigenvalue weighted by Crippen LogP contribution is -2.46. The summed E-state index contributed by atoms with van der Waals surface area (Å²) in [6, 6.07) is 20.8. The van der Waals surface area contributed by atoms with E-state index in [4.69, 9.17) is 9.72 Å².